The molecule has 0 fully saturated rings. The van der Waals surface area contributed by atoms with Crippen LogP contribution >= 0.6 is 0 Å². The molecular weight excluding hydrogens is 679 g/mol. The van der Waals surface area contributed by atoms with Gasteiger partial charge in [-0.2, -0.15) is 0 Å². The third-order valence-electron chi connectivity index (χ3n) is 10.4. The Labute approximate surface area is 335 Å². The normalized spacial score (nSPS) is 12.1. The van der Waals surface area contributed by atoms with Crippen molar-refractivity contribution in [2.75, 3.05) is 52.7 Å². The van der Waals surface area contributed by atoms with E-state index in [1.54, 1.807) is 0 Å². The van der Waals surface area contributed by atoms with Crippen LogP contribution in [0.2, 0.25) is 0 Å². The van der Waals surface area contributed by atoms with E-state index in [4.69, 9.17) is 23.7 Å². The van der Waals surface area contributed by atoms with Crippen LogP contribution in [0.4, 0.5) is 4.79 Å². The lowest BCUT2D eigenvalue weighted by atomic mass is 10.0. The van der Waals surface area contributed by atoms with E-state index in [-0.39, 0.29) is 37.8 Å². The van der Waals surface area contributed by atoms with Gasteiger partial charge in [-0.05, 0) is 45.2 Å². The molecule has 0 aromatic heterocycles. The zero-order valence-corrected chi connectivity index (χ0v) is 36.5. The molecular formula is C46H90NO7. The molecule has 1 radical (unpaired) electrons. The van der Waals surface area contributed by atoms with Crippen molar-refractivity contribution in [3.05, 3.63) is 6.42 Å². The molecule has 0 saturated carbocycles. The number of carbonyl (C=O) groups is 2. The SMILES string of the molecule is CCCCC[CH]CCCCCCCCCC(COC(=O)CCC(OCCCCCCCC)OCCCCCCCC)COC(=O)OCCCN(CC)CC. The summed E-state index contributed by atoms with van der Waals surface area (Å²) in [6, 6.07) is 0. The van der Waals surface area contributed by atoms with Gasteiger partial charge >= 0.3 is 12.1 Å². The van der Waals surface area contributed by atoms with Gasteiger partial charge in [-0.1, -0.05) is 176 Å². The summed E-state index contributed by atoms with van der Waals surface area (Å²) in [6.07, 6.45) is 33.3. The van der Waals surface area contributed by atoms with Gasteiger partial charge in [0.15, 0.2) is 6.29 Å². The summed E-state index contributed by atoms with van der Waals surface area (Å²) < 4.78 is 28.9. The number of hydrogen-bond donors (Lipinski definition) is 0. The quantitative estimate of drug-likeness (QED) is 0.0344. The van der Waals surface area contributed by atoms with Crippen LogP contribution in [0.15, 0.2) is 0 Å². The van der Waals surface area contributed by atoms with Crippen molar-refractivity contribution in [1.29, 1.82) is 0 Å². The lowest BCUT2D eigenvalue weighted by Gasteiger charge is -2.20. The molecule has 1 unspecified atom stereocenters. The lowest BCUT2D eigenvalue weighted by Crippen LogP contribution is -2.26. The molecule has 0 saturated heterocycles. The van der Waals surface area contributed by atoms with Gasteiger partial charge in [-0.15, -0.1) is 0 Å². The van der Waals surface area contributed by atoms with Crippen molar-refractivity contribution in [2.24, 2.45) is 5.92 Å². The molecule has 8 nitrogen and oxygen atoms in total. The first kappa shape index (κ1) is 52.6. The third-order valence-corrected chi connectivity index (χ3v) is 10.4. The van der Waals surface area contributed by atoms with E-state index < -0.39 is 6.16 Å². The van der Waals surface area contributed by atoms with Crippen LogP contribution in [-0.4, -0.2) is 76.0 Å². The second-order valence-corrected chi connectivity index (χ2v) is 15.4. The zero-order chi connectivity index (χ0) is 39.6. The summed E-state index contributed by atoms with van der Waals surface area (Å²) in [5.74, 6) is -0.304. The van der Waals surface area contributed by atoms with E-state index in [9.17, 15) is 9.59 Å². The maximum atomic E-state index is 12.9. The molecule has 0 aliphatic carbocycles. The van der Waals surface area contributed by atoms with Gasteiger partial charge in [0, 0.05) is 32.1 Å². The summed E-state index contributed by atoms with van der Waals surface area (Å²) >= 11 is 0. The van der Waals surface area contributed by atoms with Gasteiger partial charge < -0.3 is 28.6 Å². The monoisotopic (exact) mass is 769 g/mol. The second kappa shape index (κ2) is 42.8. The summed E-state index contributed by atoms with van der Waals surface area (Å²) in [6.45, 7) is 16.0. The predicted molar refractivity (Wildman–Crippen MR) is 226 cm³/mol. The van der Waals surface area contributed by atoms with Crippen LogP contribution in [0.3, 0.4) is 0 Å². The van der Waals surface area contributed by atoms with Crippen molar-refractivity contribution in [1.82, 2.24) is 4.90 Å². The van der Waals surface area contributed by atoms with Crippen molar-refractivity contribution < 1.29 is 33.3 Å². The second-order valence-electron chi connectivity index (χ2n) is 15.4. The smallest absolute Gasteiger partial charge is 0.465 e. The Kier molecular flexibility index (Phi) is 41.7. The Morgan fingerprint density at radius 2 is 0.981 bits per heavy atom. The van der Waals surface area contributed by atoms with Gasteiger partial charge in [0.1, 0.15) is 6.61 Å². The van der Waals surface area contributed by atoms with Crippen molar-refractivity contribution >= 4 is 12.1 Å². The van der Waals surface area contributed by atoms with E-state index in [1.165, 1.54) is 116 Å². The van der Waals surface area contributed by atoms with Crippen molar-refractivity contribution in [3.8, 4) is 0 Å². The molecule has 54 heavy (non-hydrogen) atoms. The minimum absolute atomic E-state index is 0.0517. The van der Waals surface area contributed by atoms with Gasteiger partial charge in [-0.25, -0.2) is 4.79 Å². The largest absolute Gasteiger partial charge is 0.508 e. The first-order chi connectivity index (χ1) is 26.5. The Balaban J connectivity index is 4.75. The number of nitrogens with zero attached hydrogens (tertiary/aromatic N) is 1. The molecule has 0 aromatic carbocycles. The van der Waals surface area contributed by atoms with Crippen LogP contribution in [0.1, 0.15) is 214 Å². The standard InChI is InChI=1S/C46H90NO7/c1-6-11-14-17-20-21-22-23-24-25-26-27-30-34-43(42-54-46(49)52-40-33-37-47(9-4)10-5)41-53-44(48)35-36-45(50-38-31-28-18-15-12-7-2)51-39-32-29-19-16-13-8-3/h20,43,45H,6-19,21-42H2,1-5H3. The van der Waals surface area contributed by atoms with Gasteiger partial charge in [0.2, 0.25) is 0 Å². The fourth-order valence-electron chi connectivity index (χ4n) is 6.64. The highest BCUT2D eigenvalue weighted by Crippen LogP contribution is 2.17. The molecule has 0 spiro atoms. The lowest BCUT2D eigenvalue weighted by molar-refractivity contribution is -0.160. The molecule has 0 aliphatic heterocycles. The molecule has 0 aromatic rings. The van der Waals surface area contributed by atoms with Crippen molar-refractivity contribution in [3.63, 3.8) is 0 Å². The molecule has 1 atom stereocenters. The van der Waals surface area contributed by atoms with Crippen LogP contribution in [0.25, 0.3) is 0 Å². The maximum absolute atomic E-state index is 12.9. The molecule has 8 heteroatoms. The average Bonchev–Trinajstić information content (AvgIpc) is 3.18. The summed E-state index contributed by atoms with van der Waals surface area (Å²) in [5, 5.41) is 0. The van der Waals surface area contributed by atoms with E-state index in [1.807, 2.05) is 0 Å². The van der Waals surface area contributed by atoms with Crippen LogP contribution in [0.5, 0.6) is 0 Å². The number of rotatable bonds is 43. The number of hydrogen-bond acceptors (Lipinski definition) is 8. The molecule has 0 amide bonds. The topological polar surface area (TPSA) is 83.5 Å². The highest BCUT2D eigenvalue weighted by Gasteiger charge is 2.18. The Hall–Kier alpha value is -1.38. The van der Waals surface area contributed by atoms with E-state index in [2.05, 4.69) is 45.9 Å². The summed E-state index contributed by atoms with van der Waals surface area (Å²) in [7, 11) is 0. The molecule has 0 rings (SSSR count). The third kappa shape index (κ3) is 37.5. The molecule has 321 valence electrons. The van der Waals surface area contributed by atoms with Crippen LogP contribution in [-0.2, 0) is 28.5 Å². The van der Waals surface area contributed by atoms with Crippen LogP contribution in [0, 0.1) is 12.3 Å². The summed E-state index contributed by atoms with van der Waals surface area (Å²) in [5.41, 5.74) is 0. The number of carbonyl (C=O) groups excluding carboxylic acids is 2. The number of esters is 1. The average molecular weight is 769 g/mol. The van der Waals surface area contributed by atoms with E-state index in [0.717, 1.165) is 71.0 Å². The van der Waals surface area contributed by atoms with Gasteiger partial charge in [0.05, 0.1) is 19.6 Å². The molecule has 0 aliphatic rings. The molecule has 0 heterocycles. The first-order valence-electron chi connectivity index (χ1n) is 23.2. The highest BCUT2D eigenvalue weighted by atomic mass is 16.7. The summed E-state index contributed by atoms with van der Waals surface area (Å²) in [4.78, 5) is 27.6. The Morgan fingerprint density at radius 1 is 0.500 bits per heavy atom. The van der Waals surface area contributed by atoms with Gasteiger partial charge in [0.25, 0.3) is 0 Å². The highest BCUT2D eigenvalue weighted by molar-refractivity contribution is 5.69. The van der Waals surface area contributed by atoms with E-state index >= 15 is 0 Å². The van der Waals surface area contributed by atoms with Crippen molar-refractivity contribution in [2.45, 2.75) is 221 Å². The fraction of sp³-hybridized carbons (Fsp3) is 0.935. The molecule has 0 bridgehead atoms. The number of unbranched alkanes of at least 4 members (excludes halogenated alkanes) is 22. The Bertz CT molecular complexity index is 760. The van der Waals surface area contributed by atoms with Gasteiger partial charge in [-0.3, -0.25) is 4.79 Å². The minimum atomic E-state index is -0.638. The first-order valence-corrected chi connectivity index (χ1v) is 23.2. The predicted octanol–water partition coefficient (Wildman–Crippen LogP) is 13.2. The number of ether oxygens (including phenoxy) is 5. The minimum Gasteiger partial charge on any atom is -0.465 e. The molecule has 0 N–H and O–H groups in total. The van der Waals surface area contributed by atoms with E-state index in [0.29, 0.717) is 26.2 Å². The zero-order valence-electron chi connectivity index (χ0n) is 36.5. The Morgan fingerprint density at radius 3 is 1.56 bits per heavy atom. The fourth-order valence-corrected chi connectivity index (χ4v) is 6.64. The van der Waals surface area contributed by atoms with Crippen LogP contribution < -0.4 is 0 Å². The maximum Gasteiger partial charge on any atom is 0.508 e.